The molecule has 0 saturated carbocycles. The van der Waals surface area contributed by atoms with E-state index in [-0.39, 0.29) is 17.6 Å². The maximum Gasteiger partial charge on any atom is 0.405 e. The van der Waals surface area contributed by atoms with Gasteiger partial charge in [-0.1, -0.05) is 13.8 Å². The van der Waals surface area contributed by atoms with Gasteiger partial charge in [0.15, 0.2) is 0 Å². The van der Waals surface area contributed by atoms with Crippen LogP contribution in [0.1, 0.15) is 34.1 Å². The first-order valence-electron chi connectivity index (χ1n) is 5.21. The molecule has 4 nitrogen and oxygen atoms in total. The fourth-order valence-electron chi connectivity index (χ4n) is 1.63. The first-order chi connectivity index (χ1) is 7.19. The second-order valence-corrected chi connectivity index (χ2v) is 4.88. The van der Waals surface area contributed by atoms with Crippen LogP contribution in [0.15, 0.2) is 0 Å². The second-order valence-electron chi connectivity index (χ2n) is 4.88. The largest absolute Gasteiger partial charge is 0.465 e. The molecule has 0 aliphatic rings. The third kappa shape index (κ3) is 4.83. The van der Waals surface area contributed by atoms with Crippen LogP contribution in [-0.2, 0) is 4.79 Å². The van der Waals surface area contributed by atoms with Crippen molar-refractivity contribution in [2.24, 2.45) is 11.8 Å². The summed E-state index contributed by atoms with van der Waals surface area (Å²) in [6, 6.07) is 0. The van der Waals surface area contributed by atoms with Crippen LogP contribution in [0, 0.1) is 24.2 Å². The van der Waals surface area contributed by atoms with Gasteiger partial charge in [0, 0.05) is 11.5 Å². The van der Waals surface area contributed by atoms with E-state index in [9.17, 15) is 9.59 Å². The molecule has 0 bridgehead atoms. The minimum absolute atomic E-state index is 0.0958. The minimum Gasteiger partial charge on any atom is -0.465 e. The first-order valence-corrected chi connectivity index (χ1v) is 5.21. The van der Waals surface area contributed by atoms with E-state index in [0.29, 0.717) is 6.42 Å². The fourth-order valence-corrected chi connectivity index (χ4v) is 1.63. The van der Waals surface area contributed by atoms with Crippen molar-refractivity contribution in [2.75, 3.05) is 0 Å². The summed E-state index contributed by atoms with van der Waals surface area (Å²) in [6.07, 6.45) is 4.40. The Bertz CT molecular complexity index is 313. The summed E-state index contributed by atoms with van der Waals surface area (Å²) in [7, 11) is 0. The van der Waals surface area contributed by atoms with Crippen LogP contribution in [0.3, 0.4) is 0 Å². The highest BCUT2D eigenvalue weighted by molar-refractivity contribution is 5.97. The van der Waals surface area contributed by atoms with Gasteiger partial charge < -0.3 is 10.4 Å². The maximum absolute atomic E-state index is 11.5. The molecular formula is C12H19NO3. The van der Waals surface area contributed by atoms with Crippen molar-refractivity contribution >= 4 is 11.9 Å². The van der Waals surface area contributed by atoms with E-state index >= 15 is 0 Å². The van der Waals surface area contributed by atoms with Gasteiger partial charge in [-0.25, -0.2) is 4.79 Å². The van der Waals surface area contributed by atoms with E-state index in [2.05, 4.69) is 11.2 Å². The van der Waals surface area contributed by atoms with Crippen molar-refractivity contribution in [3.63, 3.8) is 0 Å². The molecule has 0 radical (unpaired) electrons. The van der Waals surface area contributed by atoms with Crippen molar-refractivity contribution in [1.29, 1.82) is 0 Å². The molecule has 0 unspecified atom stereocenters. The quantitative estimate of drug-likeness (QED) is 0.554. The Morgan fingerprint density at radius 2 is 1.94 bits per heavy atom. The van der Waals surface area contributed by atoms with Crippen molar-refractivity contribution < 1.29 is 14.7 Å². The minimum atomic E-state index is -1.10. The molecule has 2 N–H and O–H groups in total. The van der Waals surface area contributed by atoms with Crippen LogP contribution in [0.5, 0.6) is 0 Å². The number of rotatable bonds is 5. The van der Waals surface area contributed by atoms with E-state index in [0.717, 1.165) is 0 Å². The van der Waals surface area contributed by atoms with Crippen LogP contribution in [-0.4, -0.2) is 22.5 Å². The molecule has 0 fully saturated rings. The number of carboxylic acid groups (broad SMARTS) is 1. The Kier molecular flexibility index (Phi) is 5.03. The standard InChI is InChI=1S/C12H19NO3/c1-6-10(14)9(8(2)3)7-12(4,5)13-11(15)16/h1,8-9,13H,7H2,2-5H3,(H,15,16)/t9-/m0/s1. The van der Waals surface area contributed by atoms with E-state index in [1.54, 1.807) is 13.8 Å². The average Bonchev–Trinajstić information content (AvgIpc) is 2.10. The highest BCUT2D eigenvalue weighted by Gasteiger charge is 2.30. The van der Waals surface area contributed by atoms with Gasteiger partial charge in [0.05, 0.1) is 0 Å². The molecule has 0 aliphatic heterocycles. The smallest absolute Gasteiger partial charge is 0.405 e. The monoisotopic (exact) mass is 225 g/mol. The molecule has 0 heterocycles. The summed E-state index contributed by atoms with van der Waals surface area (Å²) in [5, 5.41) is 11.0. The van der Waals surface area contributed by atoms with E-state index in [1.165, 1.54) is 0 Å². The molecule has 16 heavy (non-hydrogen) atoms. The molecule has 0 rings (SSSR count). The summed E-state index contributed by atoms with van der Waals surface area (Å²) in [5.74, 6) is 1.62. The number of amides is 1. The lowest BCUT2D eigenvalue weighted by molar-refractivity contribution is -0.119. The maximum atomic E-state index is 11.5. The zero-order valence-corrected chi connectivity index (χ0v) is 10.2. The average molecular weight is 225 g/mol. The SMILES string of the molecule is C#CC(=O)[C@@H](CC(C)(C)NC(=O)O)C(C)C. The van der Waals surface area contributed by atoms with Gasteiger partial charge in [-0.05, 0) is 32.1 Å². The third-order valence-electron chi connectivity index (χ3n) is 2.46. The van der Waals surface area contributed by atoms with Gasteiger partial charge in [-0.3, -0.25) is 4.79 Å². The number of ketones is 1. The number of Topliss-reactive ketones (excluding diaryl/α,β-unsaturated/α-hetero) is 1. The summed E-state index contributed by atoms with van der Waals surface area (Å²) in [6.45, 7) is 7.27. The summed E-state index contributed by atoms with van der Waals surface area (Å²) in [5.41, 5.74) is -0.659. The van der Waals surface area contributed by atoms with E-state index < -0.39 is 11.6 Å². The van der Waals surface area contributed by atoms with Crippen LogP contribution >= 0.6 is 0 Å². The van der Waals surface area contributed by atoms with Crippen LogP contribution in [0.4, 0.5) is 4.79 Å². The molecule has 0 saturated heterocycles. The third-order valence-corrected chi connectivity index (χ3v) is 2.46. The lowest BCUT2D eigenvalue weighted by Gasteiger charge is -2.29. The summed E-state index contributed by atoms with van der Waals surface area (Å²) < 4.78 is 0. The van der Waals surface area contributed by atoms with Crippen molar-refractivity contribution in [3.8, 4) is 12.3 Å². The van der Waals surface area contributed by atoms with Crippen molar-refractivity contribution in [1.82, 2.24) is 5.32 Å². The number of terminal acetylenes is 1. The number of hydrogen-bond donors (Lipinski definition) is 2. The first kappa shape index (κ1) is 14.5. The lowest BCUT2D eigenvalue weighted by Crippen LogP contribution is -2.45. The highest BCUT2D eigenvalue weighted by atomic mass is 16.4. The number of carbonyl (C=O) groups excluding carboxylic acids is 1. The van der Waals surface area contributed by atoms with Gasteiger partial charge in [0.25, 0.3) is 0 Å². The van der Waals surface area contributed by atoms with E-state index in [4.69, 9.17) is 11.5 Å². The van der Waals surface area contributed by atoms with Gasteiger partial charge in [-0.15, -0.1) is 6.42 Å². The molecule has 90 valence electrons. The molecule has 0 aliphatic carbocycles. The normalized spacial score (nSPS) is 13.0. The van der Waals surface area contributed by atoms with Gasteiger partial charge in [0.2, 0.25) is 5.78 Å². The molecule has 0 aromatic carbocycles. The van der Waals surface area contributed by atoms with E-state index in [1.807, 2.05) is 13.8 Å². The van der Waals surface area contributed by atoms with Crippen LogP contribution < -0.4 is 5.32 Å². The number of hydrogen-bond acceptors (Lipinski definition) is 2. The Morgan fingerprint density at radius 1 is 1.44 bits per heavy atom. The molecule has 0 aromatic rings. The van der Waals surface area contributed by atoms with Crippen molar-refractivity contribution in [2.45, 2.75) is 39.7 Å². The summed E-state index contributed by atoms with van der Waals surface area (Å²) in [4.78, 5) is 22.1. The molecule has 1 amide bonds. The Hall–Kier alpha value is -1.50. The number of carbonyl (C=O) groups is 2. The summed E-state index contributed by atoms with van der Waals surface area (Å²) >= 11 is 0. The van der Waals surface area contributed by atoms with Crippen LogP contribution in [0.2, 0.25) is 0 Å². The zero-order chi connectivity index (χ0) is 12.9. The van der Waals surface area contributed by atoms with Gasteiger partial charge >= 0.3 is 6.09 Å². The lowest BCUT2D eigenvalue weighted by atomic mass is 9.81. The molecule has 0 aromatic heterocycles. The predicted molar refractivity (Wildman–Crippen MR) is 62.0 cm³/mol. The topological polar surface area (TPSA) is 66.4 Å². The van der Waals surface area contributed by atoms with Gasteiger partial charge in [-0.2, -0.15) is 0 Å². The molecule has 4 heteroatoms. The molecule has 0 spiro atoms. The number of nitrogens with one attached hydrogen (secondary N) is 1. The molecular weight excluding hydrogens is 206 g/mol. The van der Waals surface area contributed by atoms with Crippen LogP contribution in [0.25, 0.3) is 0 Å². The second kappa shape index (κ2) is 5.55. The zero-order valence-electron chi connectivity index (χ0n) is 10.2. The Morgan fingerprint density at radius 3 is 2.25 bits per heavy atom. The highest BCUT2D eigenvalue weighted by Crippen LogP contribution is 2.23. The van der Waals surface area contributed by atoms with Crippen molar-refractivity contribution in [3.05, 3.63) is 0 Å². The Balaban J connectivity index is 4.70. The predicted octanol–water partition coefficient (Wildman–Crippen LogP) is 1.90. The van der Waals surface area contributed by atoms with Gasteiger partial charge in [0.1, 0.15) is 0 Å². The fraction of sp³-hybridized carbons (Fsp3) is 0.667. The Labute approximate surface area is 96.4 Å². The molecule has 1 atom stereocenters.